The third-order valence-corrected chi connectivity index (χ3v) is 20.2. The summed E-state index contributed by atoms with van der Waals surface area (Å²) in [6.45, 7) is 48.6. The zero-order chi connectivity index (χ0) is 84.4. The molecular weight excluding hydrogens is 1290 g/mol. The van der Waals surface area contributed by atoms with Crippen LogP contribution >= 0.6 is 0 Å². The van der Waals surface area contributed by atoms with Crippen LogP contribution in [-0.2, 0) is 33.9 Å². The Morgan fingerprint density at radius 1 is 0.400 bits per heavy atom. The molecule has 0 saturated heterocycles. The number of rotatable bonds is 10. The van der Waals surface area contributed by atoms with Gasteiger partial charge < -0.3 is 13.3 Å². The van der Waals surface area contributed by atoms with E-state index in [0.29, 0.717) is 113 Å². The Hall–Kier alpha value is -11.7. The first-order valence-electron chi connectivity index (χ1n) is 40.9. The van der Waals surface area contributed by atoms with Crippen molar-refractivity contribution >= 4 is 82.9 Å². The Morgan fingerprint density at radius 2 is 0.695 bits per heavy atom. The molecule has 15 rings (SSSR count). The fraction of sp³-hybridized carbons (Fsp3) is 0.250. The molecule has 0 aliphatic rings. The van der Waals surface area contributed by atoms with Gasteiger partial charge in [0.2, 0.25) is 17.1 Å². The number of nitrogens with zero attached hydrogens (tertiary/aromatic N) is 6. The highest BCUT2D eigenvalue weighted by Crippen LogP contribution is 2.49. The molecule has 0 radical (unpaired) electrons. The lowest BCUT2D eigenvalue weighted by Gasteiger charge is -2.21. The van der Waals surface area contributed by atoms with Crippen molar-refractivity contribution in [2.45, 2.75) is 129 Å². The van der Waals surface area contributed by atoms with Crippen LogP contribution in [0.1, 0.15) is 137 Å². The molecule has 105 heavy (non-hydrogen) atoms. The average molecular weight is 1390 g/mol. The minimum atomic E-state index is -2.56. The molecule has 9 aromatic carbocycles. The van der Waals surface area contributed by atoms with Crippen molar-refractivity contribution in [3.05, 3.63) is 283 Å². The molecule has 1 atom stereocenters. The van der Waals surface area contributed by atoms with Gasteiger partial charge in [0.25, 0.3) is 0 Å². The molecule has 9 heteroatoms. The predicted octanol–water partition coefficient (Wildman–Crippen LogP) is 25.6. The lowest BCUT2D eigenvalue weighted by molar-refractivity contribution is -0.667. The third kappa shape index (κ3) is 12.9. The first-order valence-corrected chi connectivity index (χ1v) is 35.4. The lowest BCUT2D eigenvalue weighted by atomic mass is 9.85. The lowest BCUT2D eigenvalue weighted by Crippen LogP contribution is -2.37. The molecule has 0 aliphatic carbocycles. The van der Waals surface area contributed by atoms with Gasteiger partial charge in [0.1, 0.15) is 54.6 Å². The van der Waals surface area contributed by atoms with Crippen molar-refractivity contribution in [1.29, 1.82) is 0 Å². The Labute approximate surface area is 634 Å². The number of aromatic nitrogens is 3. The standard InChI is InChI=1S/C33H33N2O.C32H31N2O.C31H29N2O/c1-20-14-15-24-25-16-17-27(34-7)30(23-12-10-9-11-13-23)32(25)36-31(24)29(20)28-18-21(2)26(19-33(4,5)6)22(3)35(28)8;1-19(2)17-26-21(4)18-28(34(7)22(26)5)29-20(3)13-14-24-25-15-16-27(33-6)30(32(25)35-31(24)29)23-11-9-8-10-12-23;1-18(2)27-20(4)17-26(33(7)21(27)5)28-19(3)13-14-23-24-15-16-25(32-6)29(31(24)34-30(23)28)22-11-9-8-10-12-22/h9-18H,19H2,1-6,8H3;8-16,18-19H,17H2,1-5,7H3;8-18H,1-5,7H3/q3*+1/i18D,19D2;17D2,18D;1D3,17D,18D. The first kappa shape index (κ1) is 58.8. The molecule has 0 amide bonds. The molecule has 0 bridgehead atoms. The zero-order valence-corrected chi connectivity index (χ0v) is 63.1. The van der Waals surface area contributed by atoms with Gasteiger partial charge in [-0.2, -0.15) is 13.7 Å². The Balaban J connectivity index is 0.000000151. The molecule has 0 fully saturated rings. The highest BCUT2D eigenvalue weighted by molar-refractivity contribution is 6.18. The fourth-order valence-corrected chi connectivity index (χ4v) is 14.9. The van der Waals surface area contributed by atoms with Gasteiger partial charge in [-0.3, -0.25) is 0 Å². The van der Waals surface area contributed by atoms with Gasteiger partial charge in [0.05, 0.1) is 40.5 Å². The second-order valence-electron chi connectivity index (χ2n) is 28.8. The van der Waals surface area contributed by atoms with E-state index in [4.69, 9.17) is 43.9 Å². The molecule has 522 valence electrons. The molecule has 6 heterocycles. The van der Waals surface area contributed by atoms with Crippen molar-refractivity contribution < 1.29 is 42.0 Å². The number of hydrogen-bond donors (Lipinski definition) is 0. The minimum absolute atomic E-state index is 0.155. The van der Waals surface area contributed by atoms with Crippen LogP contribution in [0.15, 0.2) is 195 Å². The van der Waals surface area contributed by atoms with Gasteiger partial charge in [-0.15, -0.1) is 0 Å². The van der Waals surface area contributed by atoms with Crippen LogP contribution in [0.4, 0.5) is 17.1 Å². The Bertz CT molecular complexity index is 6340. The van der Waals surface area contributed by atoms with E-state index in [1.54, 1.807) is 25.5 Å². The van der Waals surface area contributed by atoms with Crippen LogP contribution in [-0.4, -0.2) is 0 Å². The number of fused-ring (bicyclic) bond motifs is 9. The second kappa shape index (κ2) is 28.5. The van der Waals surface area contributed by atoms with Crippen molar-refractivity contribution in [2.24, 2.45) is 32.5 Å². The van der Waals surface area contributed by atoms with Crippen molar-refractivity contribution in [2.75, 3.05) is 0 Å². The highest BCUT2D eigenvalue weighted by Gasteiger charge is 2.32. The molecule has 9 nitrogen and oxygen atoms in total. The molecule has 1 unspecified atom stereocenters. The molecule has 0 aliphatic heterocycles. The SMILES string of the molecule is [2H]c1c(C)c(C([2H])(C)C([2H])([2H])[2H])c(C)[n+](C)c1-c1c(C)ccc2c1oc1c(-c3ccccc3)c([N+]#[C-])ccc12.[2H]c1c(C)c(C([2H])([2H])C(C)(C)C)c(C)[n+](C)c1-c1c(C)ccc2c1oc1c(-c3ccccc3)c([N+]#[C-])ccc12.[2H]c1c(C)c(C([2H])([2H])C(C)C)c(C)[n+](C)c1-c1c(C)ccc2c1oc1c(-c3ccccc3)c([N+]#[C-])ccc12. The van der Waals surface area contributed by atoms with Crippen LogP contribution in [0.5, 0.6) is 0 Å². The normalized spacial score (nSPS) is 14.1. The summed E-state index contributed by atoms with van der Waals surface area (Å²) >= 11 is 0. The van der Waals surface area contributed by atoms with E-state index in [0.717, 1.165) is 110 Å². The van der Waals surface area contributed by atoms with Gasteiger partial charge >= 0.3 is 0 Å². The summed E-state index contributed by atoms with van der Waals surface area (Å²) in [7, 11) is 5.60. The molecule has 0 saturated carbocycles. The summed E-state index contributed by atoms with van der Waals surface area (Å²) in [6.07, 6.45) is -3.20. The molecule has 0 N–H and O–H groups in total. The van der Waals surface area contributed by atoms with Gasteiger partial charge in [-0.1, -0.05) is 212 Å². The van der Waals surface area contributed by atoms with Crippen molar-refractivity contribution in [1.82, 2.24) is 0 Å². The Morgan fingerprint density at radius 3 is 1.01 bits per heavy atom. The average Bonchev–Trinajstić information content (AvgIpc) is 1.29. The third-order valence-electron chi connectivity index (χ3n) is 20.2. The van der Waals surface area contributed by atoms with E-state index < -0.39 is 30.9 Å². The maximum absolute atomic E-state index is 9.27. The quantitative estimate of drug-likeness (QED) is 0.101. The van der Waals surface area contributed by atoms with E-state index >= 15 is 0 Å². The predicted molar refractivity (Wildman–Crippen MR) is 435 cm³/mol. The number of hydrogen-bond acceptors (Lipinski definition) is 3. The summed E-state index contributed by atoms with van der Waals surface area (Å²) in [5.41, 5.74) is 22.3. The van der Waals surface area contributed by atoms with E-state index in [9.17, 15) is 4.11 Å². The summed E-state index contributed by atoms with van der Waals surface area (Å²) < 4.78 is 122. The van der Waals surface area contributed by atoms with E-state index in [2.05, 4.69) is 14.5 Å². The van der Waals surface area contributed by atoms with Gasteiger partial charge in [0, 0.05) is 116 Å². The monoisotopic (exact) mass is 1390 g/mol. The van der Waals surface area contributed by atoms with Crippen LogP contribution < -0.4 is 13.7 Å². The van der Waals surface area contributed by atoms with Crippen LogP contribution in [0.3, 0.4) is 0 Å². The van der Waals surface area contributed by atoms with Gasteiger partial charge in [0.15, 0.2) is 34.1 Å². The second-order valence-corrected chi connectivity index (χ2v) is 28.8. The van der Waals surface area contributed by atoms with Crippen molar-refractivity contribution in [3.8, 4) is 67.2 Å². The minimum Gasteiger partial charge on any atom is -0.456 e. The van der Waals surface area contributed by atoms with Gasteiger partial charge in [-0.25, -0.2) is 14.5 Å². The number of pyridine rings is 3. The number of furan rings is 3. The highest BCUT2D eigenvalue weighted by atomic mass is 16.3. The summed E-state index contributed by atoms with van der Waals surface area (Å²) in [6, 6.07) is 53.6. The van der Waals surface area contributed by atoms with E-state index in [1.807, 2.05) is 270 Å². The van der Waals surface area contributed by atoms with Crippen LogP contribution in [0, 0.1) is 93.4 Å². The maximum Gasteiger partial charge on any atom is 0.216 e. The largest absolute Gasteiger partial charge is 0.456 e. The Kier molecular flexibility index (Phi) is 16.0. The van der Waals surface area contributed by atoms with Gasteiger partial charge in [-0.05, 0) is 122 Å². The first-order chi connectivity index (χ1) is 54.6. The topological polar surface area (TPSA) is 64.1 Å². The number of aryl methyl sites for hydroxylation is 3. The molecular formula is C96H93N6O3+3. The number of benzene rings is 9. The maximum atomic E-state index is 9.27. The molecule has 0 spiro atoms. The fourth-order valence-electron chi connectivity index (χ4n) is 14.9. The summed E-state index contributed by atoms with van der Waals surface area (Å²) in [4.78, 5) is 11.3. The van der Waals surface area contributed by atoms with Crippen LogP contribution in [0.25, 0.3) is 148 Å². The molecule has 15 aromatic rings. The molecule has 6 aromatic heterocycles. The van der Waals surface area contributed by atoms with Crippen LogP contribution in [0.2, 0.25) is 0 Å². The van der Waals surface area contributed by atoms with Crippen molar-refractivity contribution in [3.63, 3.8) is 0 Å². The smallest absolute Gasteiger partial charge is 0.216 e. The van der Waals surface area contributed by atoms with E-state index in [1.165, 1.54) is 6.92 Å². The van der Waals surface area contributed by atoms with E-state index in [-0.39, 0.29) is 18.0 Å². The zero-order valence-electron chi connectivity index (χ0n) is 74.1. The summed E-state index contributed by atoms with van der Waals surface area (Å²) in [5.74, 6) is -2.12. The summed E-state index contributed by atoms with van der Waals surface area (Å²) in [5, 5.41) is 5.42.